The van der Waals surface area contributed by atoms with E-state index >= 15 is 0 Å². The van der Waals surface area contributed by atoms with Crippen LogP contribution in [0.5, 0.6) is 5.75 Å². The second kappa shape index (κ2) is 3.84. The summed E-state index contributed by atoms with van der Waals surface area (Å²) in [5.74, 6) is 2.81. The maximum absolute atomic E-state index is 11.4. The van der Waals surface area contributed by atoms with E-state index < -0.39 is 0 Å². The van der Waals surface area contributed by atoms with Crippen LogP contribution in [0.15, 0.2) is 18.2 Å². The average molecular weight is 256 g/mol. The van der Waals surface area contributed by atoms with Crippen molar-refractivity contribution in [3.05, 3.63) is 29.3 Å². The van der Waals surface area contributed by atoms with Crippen molar-refractivity contribution in [2.45, 2.75) is 43.9 Å². The fraction of sp³-hybridized carbons (Fsp3) is 0.588. The molecule has 1 N–H and O–H groups in total. The van der Waals surface area contributed by atoms with Gasteiger partial charge in [-0.1, -0.05) is 12.1 Å². The van der Waals surface area contributed by atoms with Crippen LogP contribution >= 0.6 is 0 Å². The highest BCUT2D eigenvalue weighted by Gasteiger charge is 2.52. The van der Waals surface area contributed by atoms with Gasteiger partial charge in [-0.3, -0.25) is 4.79 Å². The van der Waals surface area contributed by atoms with Crippen molar-refractivity contribution >= 4 is 6.29 Å². The topological polar surface area (TPSA) is 37.3 Å². The van der Waals surface area contributed by atoms with Gasteiger partial charge >= 0.3 is 0 Å². The summed E-state index contributed by atoms with van der Waals surface area (Å²) in [5.41, 5.74) is 1.77. The molecule has 0 aliphatic heterocycles. The summed E-state index contributed by atoms with van der Waals surface area (Å²) in [6, 6.07) is 5.39. The first kappa shape index (κ1) is 11.5. The lowest BCUT2D eigenvalue weighted by Crippen LogP contribution is -2.48. The van der Waals surface area contributed by atoms with Crippen molar-refractivity contribution in [3.8, 4) is 5.75 Å². The fourth-order valence-corrected chi connectivity index (χ4v) is 5.65. The minimum atomic E-state index is 0.0936. The zero-order chi connectivity index (χ0) is 13.0. The van der Waals surface area contributed by atoms with E-state index in [-0.39, 0.29) is 5.41 Å². The number of hydrogen-bond donors (Lipinski definition) is 1. The van der Waals surface area contributed by atoms with Gasteiger partial charge in [-0.25, -0.2) is 0 Å². The Morgan fingerprint density at radius 1 is 1.05 bits per heavy atom. The van der Waals surface area contributed by atoms with Gasteiger partial charge in [-0.15, -0.1) is 0 Å². The first-order valence-electron chi connectivity index (χ1n) is 7.48. The molecule has 100 valence electrons. The molecule has 0 aromatic heterocycles. The Hall–Kier alpha value is -1.31. The third kappa shape index (κ3) is 1.58. The van der Waals surface area contributed by atoms with Crippen molar-refractivity contribution in [3.63, 3.8) is 0 Å². The van der Waals surface area contributed by atoms with Crippen LogP contribution in [0.1, 0.15) is 54.4 Å². The zero-order valence-electron chi connectivity index (χ0n) is 11.1. The molecule has 0 atom stereocenters. The number of carbonyl (C=O) groups excluding carboxylic acids is 1. The summed E-state index contributed by atoms with van der Waals surface area (Å²) in [5, 5.41) is 10.3. The highest BCUT2D eigenvalue weighted by atomic mass is 16.3. The summed E-state index contributed by atoms with van der Waals surface area (Å²) in [6.07, 6.45) is 8.59. The standard InChI is InChI=1S/C17H20O2/c18-10-14-2-1-3-15(19)16(14)17-7-11-4-12(8-17)6-13(5-11)9-17/h1-3,10-13,19H,4-9H2. The van der Waals surface area contributed by atoms with E-state index in [2.05, 4.69) is 0 Å². The van der Waals surface area contributed by atoms with Gasteiger partial charge < -0.3 is 5.11 Å². The minimum absolute atomic E-state index is 0.0936. The van der Waals surface area contributed by atoms with Gasteiger partial charge in [0, 0.05) is 16.5 Å². The van der Waals surface area contributed by atoms with E-state index in [4.69, 9.17) is 0 Å². The molecule has 4 saturated carbocycles. The van der Waals surface area contributed by atoms with E-state index in [0.29, 0.717) is 11.3 Å². The van der Waals surface area contributed by atoms with Crippen LogP contribution in [0.4, 0.5) is 0 Å². The molecule has 5 rings (SSSR count). The summed E-state index contributed by atoms with van der Waals surface area (Å²) >= 11 is 0. The van der Waals surface area contributed by atoms with Crippen molar-refractivity contribution in [2.24, 2.45) is 17.8 Å². The molecule has 0 saturated heterocycles. The second-order valence-corrected chi connectivity index (χ2v) is 7.06. The minimum Gasteiger partial charge on any atom is -0.508 e. The molecular weight excluding hydrogens is 236 g/mol. The predicted octanol–water partition coefficient (Wildman–Crippen LogP) is 3.67. The normalized spacial score (nSPS) is 39.5. The summed E-state index contributed by atoms with van der Waals surface area (Å²) in [4.78, 5) is 11.4. The summed E-state index contributed by atoms with van der Waals surface area (Å²) < 4.78 is 0. The number of carbonyl (C=O) groups is 1. The van der Waals surface area contributed by atoms with E-state index in [0.717, 1.165) is 29.6 Å². The molecule has 0 unspecified atom stereocenters. The third-order valence-electron chi connectivity index (χ3n) is 5.77. The van der Waals surface area contributed by atoms with E-state index in [9.17, 15) is 9.90 Å². The quantitative estimate of drug-likeness (QED) is 0.820. The van der Waals surface area contributed by atoms with Crippen molar-refractivity contribution in [1.82, 2.24) is 0 Å². The van der Waals surface area contributed by atoms with Gasteiger partial charge in [0.2, 0.25) is 0 Å². The average Bonchev–Trinajstić information content (AvgIpc) is 2.36. The van der Waals surface area contributed by atoms with Gasteiger partial charge in [-0.05, 0) is 62.3 Å². The van der Waals surface area contributed by atoms with Crippen molar-refractivity contribution in [1.29, 1.82) is 0 Å². The molecule has 0 heterocycles. The Labute approximate surface area is 113 Å². The Morgan fingerprint density at radius 2 is 1.63 bits per heavy atom. The number of rotatable bonds is 2. The Balaban J connectivity index is 1.86. The molecule has 0 radical (unpaired) electrons. The molecule has 19 heavy (non-hydrogen) atoms. The largest absolute Gasteiger partial charge is 0.508 e. The Kier molecular flexibility index (Phi) is 2.33. The fourth-order valence-electron chi connectivity index (χ4n) is 5.65. The Morgan fingerprint density at radius 3 is 2.16 bits per heavy atom. The van der Waals surface area contributed by atoms with E-state index in [1.54, 1.807) is 12.1 Å². The number of hydrogen-bond acceptors (Lipinski definition) is 2. The van der Waals surface area contributed by atoms with Gasteiger partial charge in [0.15, 0.2) is 0 Å². The number of benzene rings is 1. The molecule has 2 heteroatoms. The van der Waals surface area contributed by atoms with Gasteiger partial charge in [0.25, 0.3) is 0 Å². The molecule has 4 fully saturated rings. The zero-order valence-corrected chi connectivity index (χ0v) is 11.1. The summed E-state index contributed by atoms with van der Waals surface area (Å²) in [6.45, 7) is 0. The van der Waals surface area contributed by atoms with Crippen LogP contribution in [0.2, 0.25) is 0 Å². The smallest absolute Gasteiger partial charge is 0.150 e. The lowest BCUT2D eigenvalue weighted by molar-refractivity contribution is -0.00638. The number of aromatic hydroxyl groups is 1. The highest BCUT2D eigenvalue weighted by molar-refractivity contribution is 5.79. The van der Waals surface area contributed by atoms with Crippen LogP contribution in [0.25, 0.3) is 0 Å². The molecule has 0 amide bonds. The molecule has 4 aliphatic carbocycles. The van der Waals surface area contributed by atoms with Gasteiger partial charge in [-0.2, -0.15) is 0 Å². The second-order valence-electron chi connectivity index (χ2n) is 7.06. The molecule has 4 aliphatic rings. The molecule has 0 spiro atoms. The number of phenolic OH excluding ortho intramolecular Hbond substituents is 1. The SMILES string of the molecule is O=Cc1cccc(O)c1C12CC3CC(CC(C3)C1)C2. The number of phenols is 1. The first-order valence-corrected chi connectivity index (χ1v) is 7.48. The van der Waals surface area contributed by atoms with E-state index in [1.807, 2.05) is 6.07 Å². The molecular formula is C17H20O2. The first-order chi connectivity index (χ1) is 9.20. The van der Waals surface area contributed by atoms with Gasteiger partial charge in [0.05, 0.1) is 0 Å². The maximum Gasteiger partial charge on any atom is 0.150 e. The monoisotopic (exact) mass is 256 g/mol. The molecule has 2 nitrogen and oxygen atoms in total. The lowest BCUT2D eigenvalue weighted by atomic mass is 9.47. The summed E-state index contributed by atoms with van der Waals surface area (Å²) in [7, 11) is 0. The van der Waals surface area contributed by atoms with E-state index in [1.165, 1.54) is 38.5 Å². The lowest BCUT2D eigenvalue weighted by Gasteiger charge is -2.57. The van der Waals surface area contributed by atoms with Crippen LogP contribution in [-0.2, 0) is 5.41 Å². The number of aldehydes is 1. The highest BCUT2D eigenvalue weighted by Crippen LogP contribution is 2.62. The van der Waals surface area contributed by atoms with Crippen LogP contribution < -0.4 is 0 Å². The predicted molar refractivity (Wildman–Crippen MR) is 73.3 cm³/mol. The maximum atomic E-state index is 11.4. The Bertz CT molecular complexity index is 497. The van der Waals surface area contributed by atoms with Crippen LogP contribution in [-0.4, -0.2) is 11.4 Å². The molecule has 1 aromatic rings. The molecule has 1 aromatic carbocycles. The van der Waals surface area contributed by atoms with Crippen molar-refractivity contribution < 1.29 is 9.90 Å². The van der Waals surface area contributed by atoms with Gasteiger partial charge in [0.1, 0.15) is 12.0 Å². The van der Waals surface area contributed by atoms with Crippen molar-refractivity contribution in [2.75, 3.05) is 0 Å². The third-order valence-corrected chi connectivity index (χ3v) is 5.77. The van der Waals surface area contributed by atoms with Crippen LogP contribution in [0.3, 0.4) is 0 Å². The van der Waals surface area contributed by atoms with Crippen LogP contribution in [0, 0.1) is 17.8 Å². The molecule has 4 bridgehead atoms.